The van der Waals surface area contributed by atoms with Gasteiger partial charge in [-0.05, 0) is 44.4 Å². The first kappa shape index (κ1) is 13.4. The minimum absolute atomic E-state index is 0.124. The molecule has 0 amide bonds. The lowest BCUT2D eigenvalue weighted by Crippen LogP contribution is -2.49. The van der Waals surface area contributed by atoms with Gasteiger partial charge in [-0.15, -0.1) is 0 Å². The number of hydrogen-bond donors (Lipinski definition) is 1. The molecule has 2 heteroatoms. The molecule has 2 rings (SSSR count). The van der Waals surface area contributed by atoms with Gasteiger partial charge in [0.1, 0.15) is 0 Å². The van der Waals surface area contributed by atoms with Crippen molar-refractivity contribution in [3.63, 3.8) is 0 Å². The highest BCUT2D eigenvalue weighted by Crippen LogP contribution is 2.45. The van der Waals surface area contributed by atoms with Gasteiger partial charge in [0.2, 0.25) is 0 Å². The van der Waals surface area contributed by atoms with E-state index in [9.17, 15) is 5.11 Å². The summed E-state index contributed by atoms with van der Waals surface area (Å²) in [6.45, 7) is 5.09. The van der Waals surface area contributed by atoms with Crippen molar-refractivity contribution >= 4 is 0 Å². The van der Waals surface area contributed by atoms with Crippen molar-refractivity contribution in [3.05, 3.63) is 0 Å². The summed E-state index contributed by atoms with van der Waals surface area (Å²) in [7, 11) is 0. The van der Waals surface area contributed by atoms with Gasteiger partial charge in [-0.1, -0.05) is 33.1 Å². The van der Waals surface area contributed by atoms with Crippen molar-refractivity contribution < 1.29 is 9.84 Å². The van der Waals surface area contributed by atoms with Crippen LogP contribution in [0.25, 0.3) is 0 Å². The van der Waals surface area contributed by atoms with Crippen LogP contribution in [0.1, 0.15) is 71.6 Å². The van der Waals surface area contributed by atoms with Gasteiger partial charge < -0.3 is 9.84 Å². The fraction of sp³-hybridized carbons (Fsp3) is 1.00. The van der Waals surface area contributed by atoms with Crippen molar-refractivity contribution in [3.8, 4) is 0 Å². The molecule has 0 aromatic carbocycles. The lowest BCUT2D eigenvalue weighted by molar-refractivity contribution is -0.157. The molecule has 100 valence electrons. The Morgan fingerprint density at radius 3 is 2.41 bits per heavy atom. The van der Waals surface area contributed by atoms with E-state index in [0.29, 0.717) is 5.92 Å². The third kappa shape index (κ3) is 2.68. The molecule has 0 radical (unpaired) electrons. The maximum absolute atomic E-state index is 10.7. The summed E-state index contributed by atoms with van der Waals surface area (Å²) in [6.07, 6.45) is 10.3. The topological polar surface area (TPSA) is 29.5 Å². The fourth-order valence-electron chi connectivity index (χ4n) is 3.86. The Kier molecular flexibility index (Phi) is 4.14. The molecular weight excluding hydrogens is 212 g/mol. The minimum atomic E-state index is -0.450. The van der Waals surface area contributed by atoms with Crippen LogP contribution >= 0.6 is 0 Å². The number of rotatable bonds is 3. The fourth-order valence-corrected chi connectivity index (χ4v) is 3.86. The Morgan fingerprint density at radius 2 is 1.82 bits per heavy atom. The molecule has 1 aliphatic heterocycles. The van der Waals surface area contributed by atoms with Gasteiger partial charge in [-0.2, -0.15) is 0 Å². The number of hydrogen-bond acceptors (Lipinski definition) is 2. The van der Waals surface area contributed by atoms with Crippen LogP contribution in [-0.2, 0) is 4.74 Å². The highest BCUT2D eigenvalue weighted by atomic mass is 16.5. The third-order valence-electron chi connectivity index (χ3n) is 5.24. The quantitative estimate of drug-likeness (QED) is 0.815. The first-order valence-electron chi connectivity index (χ1n) is 7.50. The second-order valence-electron chi connectivity index (χ2n) is 6.09. The van der Waals surface area contributed by atoms with Gasteiger partial charge in [0.05, 0.1) is 11.2 Å². The van der Waals surface area contributed by atoms with Crippen LogP contribution < -0.4 is 0 Å². The molecule has 2 aliphatic rings. The predicted octanol–water partition coefficient (Wildman–Crippen LogP) is 3.67. The molecule has 17 heavy (non-hydrogen) atoms. The molecule has 1 heterocycles. The zero-order valence-electron chi connectivity index (χ0n) is 11.5. The maximum Gasteiger partial charge on any atom is 0.0686 e. The molecule has 2 nitrogen and oxygen atoms in total. The summed E-state index contributed by atoms with van der Waals surface area (Å²) < 4.78 is 6.11. The van der Waals surface area contributed by atoms with E-state index in [1.807, 2.05) is 0 Å². The van der Waals surface area contributed by atoms with E-state index in [2.05, 4.69) is 13.8 Å². The molecule has 1 atom stereocenters. The highest BCUT2D eigenvalue weighted by Gasteiger charge is 2.44. The summed E-state index contributed by atoms with van der Waals surface area (Å²) in [6, 6.07) is 0. The van der Waals surface area contributed by atoms with Gasteiger partial charge in [-0.3, -0.25) is 0 Å². The second kappa shape index (κ2) is 5.27. The van der Waals surface area contributed by atoms with Crippen molar-refractivity contribution in [1.29, 1.82) is 0 Å². The number of aliphatic hydroxyl groups is 1. The van der Waals surface area contributed by atoms with E-state index in [1.165, 1.54) is 32.1 Å². The summed E-state index contributed by atoms with van der Waals surface area (Å²) in [5.41, 5.74) is -0.326. The first-order valence-corrected chi connectivity index (χ1v) is 7.50. The van der Waals surface area contributed by atoms with Crippen LogP contribution in [-0.4, -0.2) is 22.9 Å². The van der Waals surface area contributed by atoms with Gasteiger partial charge in [0.15, 0.2) is 0 Å². The Balaban J connectivity index is 2.05. The van der Waals surface area contributed by atoms with E-state index in [0.717, 1.165) is 32.3 Å². The van der Waals surface area contributed by atoms with E-state index >= 15 is 0 Å². The SMILES string of the molecule is CCC(O)(CC)C1CCOC2(CCCCC2)C1. The zero-order valence-corrected chi connectivity index (χ0v) is 11.5. The molecular formula is C15H28O2. The molecule has 2 fully saturated rings. The Bertz CT molecular complexity index is 234. The molecule has 0 bridgehead atoms. The van der Waals surface area contributed by atoms with Gasteiger partial charge in [0.25, 0.3) is 0 Å². The minimum Gasteiger partial charge on any atom is -0.390 e. The molecule has 1 unspecified atom stereocenters. The molecule has 0 aromatic rings. The van der Waals surface area contributed by atoms with E-state index in [1.54, 1.807) is 0 Å². The number of ether oxygens (including phenoxy) is 1. The van der Waals surface area contributed by atoms with Crippen LogP contribution in [0, 0.1) is 5.92 Å². The Labute approximate surface area is 106 Å². The average molecular weight is 240 g/mol. The predicted molar refractivity (Wildman–Crippen MR) is 70.0 cm³/mol. The molecule has 1 saturated carbocycles. The van der Waals surface area contributed by atoms with E-state index in [-0.39, 0.29) is 5.60 Å². The molecule has 1 spiro atoms. The van der Waals surface area contributed by atoms with Crippen LogP contribution in [0.4, 0.5) is 0 Å². The lowest BCUT2D eigenvalue weighted by Gasteiger charge is -2.48. The summed E-state index contributed by atoms with van der Waals surface area (Å²) in [5.74, 6) is 0.448. The van der Waals surface area contributed by atoms with Gasteiger partial charge >= 0.3 is 0 Å². The van der Waals surface area contributed by atoms with Crippen molar-refractivity contribution in [2.75, 3.05) is 6.61 Å². The van der Waals surface area contributed by atoms with Crippen LogP contribution in [0.15, 0.2) is 0 Å². The average Bonchev–Trinajstić information content (AvgIpc) is 2.39. The van der Waals surface area contributed by atoms with Crippen molar-refractivity contribution in [2.24, 2.45) is 5.92 Å². The summed E-state index contributed by atoms with van der Waals surface area (Å²) in [5, 5.41) is 10.7. The molecule has 0 aromatic heterocycles. The normalized spacial score (nSPS) is 29.5. The van der Waals surface area contributed by atoms with Crippen LogP contribution in [0.2, 0.25) is 0 Å². The van der Waals surface area contributed by atoms with Gasteiger partial charge in [-0.25, -0.2) is 0 Å². The second-order valence-corrected chi connectivity index (χ2v) is 6.09. The zero-order chi connectivity index (χ0) is 12.4. The summed E-state index contributed by atoms with van der Waals surface area (Å²) >= 11 is 0. The summed E-state index contributed by atoms with van der Waals surface area (Å²) in [4.78, 5) is 0. The van der Waals surface area contributed by atoms with Crippen molar-refractivity contribution in [2.45, 2.75) is 82.8 Å². The van der Waals surface area contributed by atoms with Crippen LogP contribution in [0.3, 0.4) is 0 Å². The monoisotopic (exact) mass is 240 g/mol. The lowest BCUT2D eigenvalue weighted by atomic mass is 9.69. The van der Waals surface area contributed by atoms with E-state index < -0.39 is 5.60 Å². The standard InChI is InChI=1S/C15H28O2/c1-3-15(16,4-2)13-8-11-17-14(12-13)9-6-5-7-10-14/h13,16H,3-12H2,1-2H3. The van der Waals surface area contributed by atoms with E-state index in [4.69, 9.17) is 4.74 Å². The van der Waals surface area contributed by atoms with Gasteiger partial charge in [0, 0.05) is 6.61 Å². The largest absolute Gasteiger partial charge is 0.390 e. The molecule has 1 saturated heterocycles. The molecule has 1 N–H and O–H groups in total. The van der Waals surface area contributed by atoms with Crippen molar-refractivity contribution in [1.82, 2.24) is 0 Å². The third-order valence-corrected chi connectivity index (χ3v) is 5.24. The smallest absolute Gasteiger partial charge is 0.0686 e. The van der Waals surface area contributed by atoms with Crippen LogP contribution in [0.5, 0.6) is 0 Å². The highest BCUT2D eigenvalue weighted by molar-refractivity contribution is 4.95. The Hall–Kier alpha value is -0.0800. The molecule has 1 aliphatic carbocycles. The maximum atomic E-state index is 10.7. The Morgan fingerprint density at radius 1 is 1.18 bits per heavy atom. The first-order chi connectivity index (χ1) is 8.14.